The minimum Gasteiger partial charge on any atom is -0.343 e. The Hall–Kier alpha value is -2.11. The molecule has 2 saturated heterocycles. The summed E-state index contributed by atoms with van der Waals surface area (Å²) in [5.74, 6) is 0.452. The van der Waals surface area contributed by atoms with Crippen LogP contribution in [0.4, 0.5) is 0 Å². The monoisotopic (exact) mass is 358 g/mol. The molecule has 1 aromatic heterocycles. The highest BCUT2D eigenvalue weighted by Crippen LogP contribution is 2.40. The molecule has 6 nitrogen and oxygen atoms in total. The van der Waals surface area contributed by atoms with E-state index in [0.717, 1.165) is 55.8 Å². The zero-order valence-corrected chi connectivity index (χ0v) is 16.0. The normalized spacial score (nSPS) is 19.8. The molecule has 0 aromatic carbocycles. The van der Waals surface area contributed by atoms with E-state index >= 15 is 0 Å². The Labute approximate surface area is 155 Å². The predicted molar refractivity (Wildman–Crippen MR) is 101 cm³/mol. The molecule has 0 unspecified atom stereocenters. The number of H-pyrrole nitrogens is 1. The smallest absolute Gasteiger partial charge is 0.222 e. The number of piperidine rings is 2. The molecule has 1 spiro atoms. The third-order valence-electron chi connectivity index (χ3n) is 6.20. The van der Waals surface area contributed by atoms with Crippen LogP contribution in [0.1, 0.15) is 49.1 Å². The van der Waals surface area contributed by atoms with Crippen molar-refractivity contribution in [3.63, 3.8) is 0 Å². The van der Waals surface area contributed by atoms with Gasteiger partial charge >= 0.3 is 0 Å². The second-order valence-corrected chi connectivity index (χ2v) is 7.86. The SMILES string of the molecule is C=CCN1CC2(CCC1=O)CCN(C(=O)CCc1n[nH]c(C)c1C)CC2. The van der Waals surface area contributed by atoms with E-state index in [1.165, 1.54) is 0 Å². The third kappa shape index (κ3) is 3.84. The summed E-state index contributed by atoms with van der Waals surface area (Å²) in [6, 6.07) is 0. The fourth-order valence-electron chi connectivity index (χ4n) is 4.23. The van der Waals surface area contributed by atoms with Crippen LogP contribution < -0.4 is 0 Å². The van der Waals surface area contributed by atoms with Crippen LogP contribution in [0.5, 0.6) is 0 Å². The van der Waals surface area contributed by atoms with Crippen molar-refractivity contribution < 1.29 is 9.59 Å². The van der Waals surface area contributed by atoms with Crippen molar-refractivity contribution in [1.29, 1.82) is 0 Å². The van der Waals surface area contributed by atoms with E-state index in [1.54, 1.807) is 6.08 Å². The van der Waals surface area contributed by atoms with Crippen LogP contribution in [0.25, 0.3) is 0 Å². The summed E-state index contributed by atoms with van der Waals surface area (Å²) in [7, 11) is 0. The predicted octanol–water partition coefficient (Wildman–Crippen LogP) is 2.38. The van der Waals surface area contributed by atoms with E-state index in [-0.39, 0.29) is 17.2 Å². The molecule has 2 aliphatic heterocycles. The van der Waals surface area contributed by atoms with Crippen LogP contribution in [0.3, 0.4) is 0 Å². The first-order valence-corrected chi connectivity index (χ1v) is 9.61. The van der Waals surface area contributed by atoms with Gasteiger partial charge in [0.05, 0.1) is 5.69 Å². The Bertz CT molecular complexity index is 686. The number of nitrogens with zero attached hydrogens (tertiary/aromatic N) is 3. The van der Waals surface area contributed by atoms with Gasteiger partial charge in [-0.1, -0.05) is 6.08 Å². The Morgan fingerprint density at radius 2 is 2.04 bits per heavy atom. The molecule has 6 heteroatoms. The van der Waals surface area contributed by atoms with E-state index in [0.29, 0.717) is 25.8 Å². The van der Waals surface area contributed by atoms with Gasteiger partial charge in [0.1, 0.15) is 0 Å². The molecule has 0 atom stereocenters. The maximum atomic E-state index is 12.6. The van der Waals surface area contributed by atoms with Crippen molar-refractivity contribution in [3.8, 4) is 0 Å². The minimum atomic E-state index is 0.184. The third-order valence-corrected chi connectivity index (χ3v) is 6.20. The zero-order valence-electron chi connectivity index (χ0n) is 16.0. The highest BCUT2D eigenvalue weighted by Gasteiger charge is 2.41. The summed E-state index contributed by atoms with van der Waals surface area (Å²) in [6.45, 7) is 10.8. The Kier molecular flexibility index (Phi) is 5.49. The van der Waals surface area contributed by atoms with Crippen LogP contribution in [0.2, 0.25) is 0 Å². The number of aromatic amines is 1. The van der Waals surface area contributed by atoms with Crippen molar-refractivity contribution in [1.82, 2.24) is 20.0 Å². The molecular weight excluding hydrogens is 328 g/mol. The second-order valence-electron chi connectivity index (χ2n) is 7.86. The van der Waals surface area contributed by atoms with Crippen LogP contribution >= 0.6 is 0 Å². The summed E-state index contributed by atoms with van der Waals surface area (Å²) in [4.78, 5) is 28.5. The summed E-state index contributed by atoms with van der Waals surface area (Å²) < 4.78 is 0. The molecule has 3 heterocycles. The van der Waals surface area contributed by atoms with E-state index in [9.17, 15) is 9.59 Å². The van der Waals surface area contributed by atoms with E-state index in [4.69, 9.17) is 0 Å². The Morgan fingerprint density at radius 3 is 2.65 bits per heavy atom. The van der Waals surface area contributed by atoms with Gasteiger partial charge < -0.3 is 9.80 Å². The number of aryl methyl sites for hydroxylation is 2. The highest BCUT2D eigenvalue weighted by molar-refractivity contribution is 5.78. The van der Waals surface area contributed by atoms with Gasteiger partial charge in [0.2, 0.25) is 11.8 Å². The molecular formula is C20H30N4O2. The Morgan fingerprint density at radius 1 is 1.31 bits per heavy atom. The maximum Gasteiger partial charge on any atom is 0.222 e. The number of likely N-dealkylation sites (tertiary alicyclic amines) is 2. The van der Waals surface area contributed by atoms with Gasteiger partial charge in [0.25, 0.3) is 0 Å². The van der Waals surface area contributed by atoms with Gasteiger partial charge in [-0.15, -0.1) is 6.58 Å². The van der Waals surface area contributed by atoms with Crippen molar-refractivity contribution in [2.24, 2.45) is 5.41 Å². The van der Waals surface area contributed by atoms with Crippen LogP contribution in [0, 0.1) is 19.3 Å². The van der Waals surface area contributed by atoms with Gasteiger partial charge in [-0.05, 0) is 44.1 Å². The van der Waals surface area contributed by atoms with Crippen molar-refractivity contribution in [2.45, 2.75) is 52.4 Å². The summed E-state index contributed by atoms with van der Waals surface area (Å²) in [5, 5.41) is 7.28. The first kappa shape index (κ1) is 18.7. The molecule has 0 bridgehead atoms. The summed E-state index contributed by atoms with van der Waals surface area (Å²) in [6.07, 6.45) is 6.55. The fraction of sp³-hybridized carbons (Fsp3) is 0.650. The van der Waals surface area contributed by atoms with Crippen LogP contribution in [0.15, 0.2) is 12.7 Å². The average molecular weight is 358 g/mol. The molecule has 142 valence electrons. The lowest BCUT2D eigenvalue weighted by Gasteiger charge is -2.47. The molecule has 1 N–H and O–H groups in total. The topological polar surface area (TPSA) is 69.3 Å². The van der Waals surface area contributed by atoms with Gasteiger partial charge in [0.15, 0.2) is 0 Å². The molecule has 2 aliphatic rings. The van der Waals surface area contributed by atoms with E-state index in [1.807, 2.05) is 23.6 Å². The quantitative estimate of drug-likeness (QED) is 0.822. The summed E-state index contributed by atoms with van der Waals surface area (Å²) >= 11 is 0. The van der Waals surface area contributed by atoms with Crippen LogP contribution in [-0.4, -0.2) is 58.0 Å². The average Bonchev–Trinajstić information content (AvgIpc) is 2.96. The van der Waals surface area contributed by atoms with Gasteiger partial charge in [-0.2, -0.15) is 5.10 Å². The molecule has 3 rings (SSSR count). The highest BCUT2D eigenvalue weighted by atomic mass is 16.2. The Balaban J connectivity index is 1.51. The lowest BCUT2D eigenvalue weighted by atomic mass is 9.72. The molecule has 2 fully saturated rings. The first-order chi connectivity index (χ1) is 12.4. The van der Waals surface area contributed by atoms with Crippen molar-refractivity contribution in [3.05, 3.63) is 29.6 Å². The van der Waals surface area contributed by atoms with Crippen molar-refractivity contribution >= 4 is 11.8 Å². The molecule has 0 saturated carbocycles. The van der Waals surface area contributed by atoms with E-state index < -0.39 is 0 Å². The van der Waals surface area contributed by atoms with Gasteiger partial charge in [-0.3, -0.25) is 14.7 Å². The first-order valence-electron chi connectivity index (χ1n) is 9.61. The number of rotatable bonds is 5. The maximum absolute atomic E-state index is 12.6. The lowest BCUT2D eigenvalue weighted by molar-refractivity contribution is -0.141. The largest absolute Gasteiger partial charge is 0.343 e. The number of nitrogens with one attached hydrogen (secondary N) is 1. The van der Waals surface area contributed by atoms with Gasteiger partial charge in [-0.25, -0.2) is 0 Å². The number of amides is 2. The molecule has 26 heavy (non-hydrogen) atoms. The molecule has 0 aliphatic carbocycles. The minimum absolute atomic E-state index is 0.184. The number of hydrogen-bond acceptors (Lipinski definition) is 3. The summed E-state index contributed by atoms with van der Waals surface area (Å²) in [5.41, 5.74) is 3.41. The van der Waals surface area contributed by atoms with Crippen LogP contribution in [-0.2, 0) is 16.0 Å². The number of aromatic nitrogens is 2. The molecule has 2 amide bonds. The number of carbonyl (C=O) groups is 2. The number of carbonyl (C=O) groups excluding carboxylic acids is 2. The fourth-order valence-corrected chi connectivity index (χ4v) is 4.23. The van der Waals surface area contributed by atoms with E-state index in [2.05, 4.69) is 16.8 Å². The lowest BCUT2D eigenvalue weighted by Crippen LogP contribution is -2.52. The van der Waals surface area contributed by atoms with Gasteiger partial charge in [0, 0.05) is 51.1 Å². The molecule has 1 aromatic rings. The molecule has 0 radical (unpaired) electrons. The second kappa shape index (κ2) is 7.64. The van der Waals surface area contributed by atoms with Crippen molar-refractivity contribution in [2.75, 3.05) is 26.2 Å². The number of hydrogen-bond donors (Lipinski definition) is 1. The standard InChI is InChI=1S/C20H30N4O2/c1-4-11-24-14-20(8-7-19(24)26)9-12-23(13-10-20)18(25)6-5-17-15(2)16(3)21-22-17/h4H,1,5-14H2,2-3H3,(H,21,22). The zero-order chi connectivity index (χ0) is 18.7.